The van der Waals surface area contributed by atoms with Gasteiger partial charge in [0.2, 0.25) is 0 Å². The van der Waals surface area contributed by atoms with Crippen LogP contribution >= 0.6 is 22.9 Å². The first kappa shape index (κ1) is 21.0. The van der Waals surface area contributed by atoms with Crippen molar-refractivity contribution in [3.63, 3.8) is 0 Å². The number of ether oxygens (including phenoxy) is 3. The molecule has 0 N–H and O–H groups in total. The Hall–Kier alpha value is -2.68. The molecule has 152 valence electrons. The lowest BCUT2D eigenvalue weighted by atomic mass is 10.2. The molecule has 0 aliphatic rings. The molecule has 0 saturated heterocycles. The molecule has 0 fully saturated rings. The number of rotatable bonds is 6. The number of carbonyl (C=O) groups excluding carboxylic acids is 2. The summed E-state index contributed by atoms with van der Waals surface area (Å²) in [4.78, 5) is 29.5. The molecule has 0 unspecified atom stereocenters. The highest BCUT2D eigenvalue weighted by Gasteiger charge is 2.15. The van der Waals surface area contributed by atoms with Crippen LogP contribution < -0.4 is 9.54 Å². The summed E-state index contributed by atoms with van der Waals surface area (Å²) in [5.74, 6) is -0.516. The van der Waals surface area contributed by atoms with Crippen LogP contribution in [-0.4, -0.2) is 44.4 Å². The molecule has 9 heteroatoms. The fourth-order valence-electron chi connectivity index (χ4n) is 2.80. The van der Waals surface area contributed by atoms with Crippen molar-refractivity contribution in [2.45, 2.75) is 6.54 Å². The molecule has 3 rings (SSSR count). The van der Waals surface area contributed by atoms with E-state index in [2.05, 4.69) is 4.99 Å². The van der Waals surface area contributed by atoms with Gasteiger partial charge in [0.15, 0.2) is 4.80 Å². The summed E-state index contributed by atoms with van der Waals surface area (Å²) < 4.78 is 17.9. The molecular weight excluding hydrogens is 416 g/mol. The monoisotopic (exact) mass is 434 g/mol. The van der Waals surface area contributed by atoms with Gasteiger partial charge in [-0.1, -0.05) is 22.9 Å². The van der Waals surface area contributed by atoms with Gasteiger partial charge < -0.3 is 18.8 Å². The van der Waals surface area contributed by atoms with Crippen LogP contribution in [0.1, 0.15) is 20.7 Å². The number of carbonyl (C=O) groups is 2. The van der Waals surface area contributed by atoms with E-state index in [0.29, 0.717) is 34.3 Å². The average Bonchev–Trinajstić information content (AvgIpc) is 3.07. The summed E-state index contributed by atoms with van der Waals surface area (Å²) in [6.07, 6.45) is 0. The Balaban J connectivity index is 2.15. The number of hydrogen-bond acceptors (Lipinski definition) is 6. The van der Waals surface area contributed by atoms with Crippen LogP contribution in [0.3, 0.4) is 0 Å². The number of aromatic nitrogens is 1. The summed E-state index contributed by atoms with van der Waals surface area (Å²) in [6.45, 7) is 0.930. The fraction of sp³-hybridized carbons (Fsp3) is 0.250. The van der Waals surface area contributed by atoms with Crippen molar-refractivity contribution in [2.75, 3.05) is 27.9 Å². The average molecular weight is 435 g/mol. The van der Waals surface area contributed by atoms with E-state index in [1.165, 1.54) is 31.6 Å². The van der Waals surface area contributed by atoms with Gasteiger partial charge in [-0.3, -0.25) is 4.79 Å². The molecule has 0 aliphatic heterocycles. The Bertz CT molecular complexity index is 1140. The van der Waals surface area contributed by atoms with Crippen LogP contribution in [0.5, 0.6) is 5.75 Å². The highest BCUT2D eigenvalue weighted by molar-refractivity contribution is 7.16. The Kier molecular flexibility index (Phi) is 6.68. The predicted octanol–water partition coefficient (Wildman–Crippen LogP) is 3.54. The third-order valence-corrected chi connectivity index (χ3v) is 5.49. The largest absolute Gasteiger partial charge is 0.496 e. The number of benzene rings is 2. The fourth-order valence-corrected chi connectivity index (χ4v) is 4.06. The van der Waals surface area contributed by atoms with Crippen LogP contribution in [0.25, 0.3) is 10.2 Å². The molecule has 0 saturated carbocycles. The third-order valence-electron chi connectivity index (χ3n) is 4.21. The van der Waals surface area contributed by atoms with Crippen molar-refractivity contribution in [3.8, 4) is 5.75 Å². The predicted molar refractivity (Wildman–Crippen MR) is 111 cm³/mol. The summed E-state index contributed by atoms with van der Waals surface area (Å²) >= 11 is 7.33. The van der Waals surface area contributed by atoms with E-state index in [9.17, 15) is 9.59 Å². The lowest BCUT2D eigenvalue weighted by Gasteiger charge is -2.06. The zero-order valence-corrected chi connectivity index (χ0v) is 17.7. The van der Waals surface area contributed by atoms with Gasteiger partial charge in [0, 0.05) is 18.7 Å². The van der Waals surface area contributed by atoms with Crippen molar-refractivity contribution in [3.05, 3.63) is 57.3 Å². The van der Waals surface area contributed by atoms with E-state index in [0.717, 1.165) is 10.2 Å². The Morgan fingerprint density at radius 1 is 1.14 bits per heavy atom. The number of thiazole rings is 1. The van der Waals surface area contributed by atoms with E-state index < -0.39 is 11.9 Å². The lowest BCUT2D eigenvalue weighted by Crippen LogP contribution is -2.19. The van der Waals surface area contributed by atoms with Gasteiger partial charge >= 0.3 is 5.97 Å². The van der Waals surface area contributed by atoms with E-state index in [4.69, 9.17) is 25.8 Å². The molecule has 0 radical (unpaired) electrons. The summed E-state index contributed by atoms with van der Waals surface area (Å²) in [5.41, 5.74) is 1.53. The van der Waals surface area contributed by atoms with Gasteiger partial charge in [-0.2, -0.15) is 4.99 Å². The van der Waals surface area contributed by atoms with Crippen molar-refractivity contribution >= 4 is 45.0 Å². The van der Waals surface area contributed by atoms with E-state index >= 15 is 0 Å². The van der Waals surface area contributed by atoms with Gasteiger partial charge in [0.1, 0.15) is 5.75 Å². The van der Waals surface area contributed by atoms with E-state index in [-0.39, 0.29) is 5.56 Å². The van der Waals surface area contributed by atoms with Crippen LogP contribution in [0.4, 0.5) is 0 Å². The highest BCUT2D eigenvalue weighted by atomic mass is 35.5. The van der Waals surface area contributed by atoms with Crippen molar-refractivity contribution in [2.24, 2.45) is 4.99 Å². The Labute approximate surface area is 176 Å². The maximum atomic E-state index is 12.9. The highest BCUT2D eigenvalue weighted by Crippen LogP contribution is 2.24. The van der Waals surface area contributed by atoms with E-state index in [1.54, 1.807) is 37.4 Å². The van der Waals surface area contributed by atoms with Crippen molar-refractivity contribution in [1.82, 2.24) is 4.57 Å². The summed E-state index contributed by atoms with van der Waals surface area (Å²) in [5, 5.41) is 0.413. The van der Waals surface area contributed by atoms with Gasteiger partial charge in [0.05, 0.1) is 42.2 Å². The number of methoxy groups -OCH3 is 3. The Morgan fingerprint density at radius 2 is 1.93 bits per heavy atom. The zero-order valence-electron chi connectivity index (χ0n) is 16.1. The van der Waals surface area contributed by atoms with Gasteiger partial charge in [0.25, 0.3) is 5.91 Å². The first-order chi connectivity index (χ1) is 14.0. The molecule has 7 nitrogen and oxygen atoms in total. The maximum absolute atomic E-state index is 12.9. The number of amides is 1. The number of nitrogens with zero attached hydrogens (tertiary/aromatic N) is 2. The SMILES string of the molecule is COCCn1c(=NC(=O)c2cc(Cl)ccc2OC)sc2cc(C(=O)OC)ccc21. The first-order valence-electron chi connectivity index (χ1n) is 8.61. The molecule has 0 aliphatic carbocycles. The van der Waals surface area contributed by atoms with Crippen molar-refractivity contribution in [1.29, 1.82) is 0 Å². The summed E-state index contributed by atoms with van der Waals surface area (Å²) in [7, 11) is 4.41. The van der Waals surface area contributed by atoms with Gasteiger partial charge in [-0.05, 0) is 36.4 Å². The van der Waals surface area contributed by atoms with E-state index in [1.807, 2.05) is 4.57 Å². The lowest BCUT2D eigenvalue weighted by molar-refractivity contribution is 0.0600. The molecule has 0 bridgehead atoms. The van der Waals surface area contributed by atoms with Crippen molar-refractivity contribution < 1.29 is 23.8 Å². The first-order valence-corrected chi connectivity index (χ1v) is 9.81. The number of hydrogen-bond donors (Lipinski definition) is 0. The number of halogens is 1. The molecule has 3 aromatic rings. The second-order valence-electron chi connectivity index (χ2n) is 5.96. The molecule has 0 atom stereocenters. The quantitative estimate of drug-likeness (QED) is 0.554. The number of esters is 1. The second-order valence-corrected chi connectivity index (χ2v) is 7.41. The maximum Gasteiger partial charge on any atom is 0.337 e. The zero-order chi connectivity index (χ0) is 21.0. The molecule has 1 heterocycles. The van der Waals surface area contributed by atoms with Crippen LogP contribution in [0.15, 0.2) is 41.4 Å². The Morgan fingerprint density at radius 3 is 2.62 bits per heavy atom. The van der Waals surface area contributed by atoms with Crippen LogP contribution in [0.2, 0.25) is 5.02 Å². The summed E-state index contributed by atoms with van der Waals surface area (Å²) in [6, 6.07) is 9.99. The van der Waals surface area contributed by atoms with Crippen LogP contribution in [-0.2, 0) is 16.0 Å². The van der Waals surface area contributed by atoms with Gasteiger partial charge in [-0.25, -0.2) is 4.79 Å². The van der Waals surface area contributed by atoms with Crippen LogP contribution in [0, 0.1) is 0 Å². The molecule has 29 heavy (non-hydrogen) atoms. The molecule has 2 aromatic carbocycles. The molecule has 1 amide bonds. The molecule has 0 spiro atoms. The standard InChI is InChI=1S/C20H19ClN2O5S/c1-26-9-8-23-15-6-4-12(19(25)28-3)10-17(15)29-20(23)22-18(24)14-11-13(21)5-7-16(14)27-2/h4-7,10-11H,8-9H2,1-3H3. The minimum absolute atomic E-state index is 0.269. The number of fused-ring (bicyclic) bond motifs is 1. The smallest absolute Gasteiger partial charge is 0.337 e. The topological polar surface area (TPSA) is 79.1 Å². The minimum atomic E-state index is -0.477. The van der Waals surface area contributed by atoms with Gasteiger partial charge in [-0.15, -0.1) is 0 Å². The third kappa shape index (κ3) is 4.50. The molecular formula is C20H19ClN2O5S. The normalized spacial score (nSPS) is 11.7. The molecule has 1 aromatic heterocycles. The second kappa shape index (κ2) is 9.21. The minimum Gasteiger partial charge on any atom is -0.496 e.